The lowest BCUT2D eigenvalue weighted by atomic mass is 9.97. The van der Waals surface area contributed by atoms with E-state index < -0.39 is 23.7 Å². The average Bonchev–Trinajstić information content (AvgIpc) is 2.82. The van der Waals surface area contributed by atoms with Crippen LogP contribution in [0.4, 0.5) is 5.69 Å². The summed E-state index contributed by atoms with van der Waals surface area (Å²) in [7, 11) is 0. The number of hydrogen-bond acceptors (Lipinski definition) is 5. The van der Waals surface area contributed by atoms with Crippen LogP contribution in [0.1, 0.15) is 48.0 Å². The van der Waals surface area contributed by atoms with Crippen LogP contribution in [0.3, 0.4) is 0 Å². The van der Waals surface area contributed by atoms with Crippen molar-refractivity contribution in [3.8, 4) is 0 Å². The Balaban J connectivity index is 2.35. The Kier molecular flexibility index (Phi) is 6.05. The predicted octanol–water partition coefficient (Wildman–Crippen LogP) is 3.44. The van der Waals surface area contributed by atoms with Gasteiger partial charge in [-0.25, -0.2) is 9.79 Å². The Morgan fingerprint density at radius 3 is 2.46 bits per heavy atom. The minimum atomic E-state index is -0.716. The van der Waals surface area contributed by atoms with Gasteiger partial charge < -0.3 is 10.1 Å². The van der Waals surface area contributed by atoms with Gasteiger partial charge in [0.05, 0.1) is 0 Å². The van der Waals surface area contributed by atoms with E-state index in [-0.39, 0.29) is 11.8 Å². The largest absolute Gasteiger partial charge is 0.458 e. The number of carbonyl (C=O) groups excluding carboxylic acids is 2. The highest BCUT2D eigenvalue weighted by atomic mass is 16.6. The summed E-state index contributed by atoms with van der Waals surface area (Å²) in [5.41, 5.74) is 0.187. The van der Waals surface area contributed by atoms with Gasteiger partial charge in [-0.1, -0.05) is 38.5 Å². The summed E-state index contributed by atoms with van der Waals surface area (Å²) in [6.07, 6.45) is 0.737. The summed E-state index contributed by atoms with van der Waals surface area (Å²) >= 11 is 0. The number of rotatable bonds is 5. The Bertz CT molecular complexity index is 679. The fourth-order valence-corrected chi connectivity index (χ4v) is 2.80. The Labute approximate surface area is 155 Å². The molecule has 1 unspecified atom stereocenters. The summed E-state index contributed by atoms with van der Waals surface area (Å²) in [6, 6.07) is 8.23. The minimum absolute atomic E-state index is 0.0677. The van der Waals surface area contributed by atoms with Crippen LogP contribution in [0.25, 0.3) is 0 Å². The molecule has 1 aliphatic rings. The quantitative estimate of drug-likeness (QED) is 0.818. The van der Waals surface area contributed by atoms with Crippen LogP contribution in [0.5, 0.6) is 0 Å². The van der Waals surface area contributed by atoms with Gasteiger partial charge in [-0.3, -0.25) is 9.69 Å². The van der Waals surface area contributed by atoms with Crippen LogP contribution >= 0.6 is 0 Å². The lowest BCUT2D eigenvalue weighted by Gasteiger charge is -2.33. The van der Waals surface area contributed by atoms with E-state index in [1.165, 1.54) is 4.90 Å². The van der Waals surface area contributed by atoms with Crippen molar-refractivity contribution in [2.45, 2.75) is 65.6 Å². The number of hydrogen-bond donors (Lipinski definition) is 1. The van der Waals surface area contributed by atoms with Gasteiger partial charge in [0.2, 0.25) is 5.96 Å². The van der Waals surface area contributed by atoms with Gasteiger partial charge in [0.1, 0.15) is 17.7 Å². The highest BCUT2D eigenvalue weighted by Gasteiger charge is 2.44. The molecule has 0 saturated carbocycles. The number of anilines is 1. The van der Waals surface area contributed by atoms with E-state index in [1.54, 1.807) is 6.92 Å². The molecular weight excluding hydrogens is 330 g/mol. The van der Waals surface area contributed by atoms with Crippen LogP contribution in [0, 0.1) is 5.92 Å². The number of aliphatic imine (C=N–C) groups is 1. The number of nitrogens with one attached hydrogen (secondary N) is 1. The number of guanidine groups is 1. The molecule has 0 saturated heterocycles. The summed E-state index contributed by atoms with van der Waals surface area (Å²) in [6.45, 7) is 11.1. The zero-order valence-corrected chi connectivity index (χ0v) is 16.4. The highest BCUT2D eigenvalue weighted by Crippen LogP contribution is 2.25. The van der Waals surface area contributed by atoms with E-state index in [0.29, 0.717) is 5.96 Å². The molecule has 1 amide bonds. The molecule has 0 radical (unpaired) electrons. The smallest absolute Gasteiger partial charge is 0.330 e. The Morgan fingerprint density at radius 2 is 1.92 bits per heavy atom. The van der Waals surface area contributed by atoms with E-state index in [4.69, 9.17) is 4.74 Å². The number of ether oxygens (including phenoxy) is 1. The van der Waals surface area contributed by atoms with Crippen molar-refractivity contribution in [2.24, 2.45) is 10.9 Å². The lowest BCUT2D eigenvalue weighted by Crippen LogP contribution is -2.53. The van der Waals surface area contributed by atoms with Crippen LogP contribution in [-0.2, 0) is 14.3 Å². The van der Waals surface area contributed by atoms with Gasteiger partial charge in [-0.2, -0.15) is 0 Å². The van der Waals surface area contributed by atoms with Crippen molar-refractivity contribution in [1.29, 1.82) is 0 Å². The van der Waals surface area contributed by atoms with Crippen molar-refractivity contribution in [2.75, 3.05) is 5.32 Å². The Hall–Kier alpha value is -2.37. The first-order chi connectivity index (χ1) is 12.1. The van der Waals surface area contributed by atoms with Gasteiger partial charge >= 0.3 is 5.97 Å². The van der Waals surface area contributed by atoms with Crippen molar-refractivity contribution < 1.29 is 14.3 Å². The molecule has 6 nitrogen and oxygen atoms in total. The number of amides is 1. The van der Waals surface area contributed by atoms with E-state index in [1.807, 2.05) is 65.0 Å². The zero-order valence-electron chi connectivity index (χ0n) is 16.4. The van der Waals surface area contributed by atoms with E-state index in [2.05, 4.69) is 10.3 Å². The Morgan fingerprint density at radius 1 is 1.31 bits per heavy atom. The van der Waals surface area contributed by atoms with Crippen molar-refractivity contribution in [3.63, 3.8) is 0 Å². The molecule has 26 heavy (non-hydrogen) atoms. The molecule has 1 aromatic rings. The first-order valence-corrected chi connectivity index (χ1v) is 9.10. The molecule has 6 heteroatoms. The third-order valence-corrected chi connectivity index (χ3v) is 4.28. The molecule has 1 aliphatic heterocycles. The maximum Gasteiger partial charge on any atom is 0.330 e. The second kappa shape index (κ2) is 7.89. The topological polar surface area (TPSA) is 71.0 Å². The number of esters is 1. The summed E-state index contributed by atoms with van der Waals surface area (Å²) in [5, 5.41) is 3.18. The predicted molar refractivity (Wildman–Crippen MR) is 103 cm³/mol. The van der Waals surface area contributed by atoms with Crippen molar-refractivity contribution in [3.05, 3.63) is 30.3 Å². The second-order valence-electron chi connectivity index (χ2n) is 7.69. The van der Waals surface area contributed by atoms with Gasteiger partial charge in [0, 0.05) is 5.69 Å². The van der Waals surface area contributed by atoms with Crippen molar-refractivity contribution >= 4 is 23.5 Å². The average molecular weight is 359 g/mol. The molecule has 142 valence electrons. The van der Waals surface area contributed by atoms with Gasteiger partial charge in [0.25, 0.3) is 5.91 Å². The highest BCUT2D eigenvalue weighted by molar-refractivity contribution is 6.12. The van der Waals surface area contributed by atoms with Crippen LogP contribution in [0.2, 0.25) is 0 Å². The first-order valence-electron chi connectivity index (χ1n) is 9.10. The molecule has 1 heterocycles. The van der Waals surface area contributed by atoms with Gasteiger partial charge in [0.15, 0.2) is 0 Å². The summed E-state index contributed by atoms with van der Waals surface area (Å²) in [4.78, 5) is 31.6. The molecule has 0 aromatic heterocycles. The molecular formula is C20H29N3O3. The number of carbonyl (C=O) groups is 2. The SMILES string of the molecule is CCC(C)[C@@H](C(=O)OC(C)(C)C)N1C(=O)[C@H](C)N=C1Nc1ccccc1. The fourth-order valence-electron chi connectivity index (χ4n) is 2.80. The molecule has 3 atom stereocenters. The normalized spacial score (nSPS) is 19.8. The molecule has 0 spiro atoms. The monoisotopic (exact) mass is 359 g/mol. The van der Waals surface area contributed by atoms with Crippen LogP contribution < -0.4 is 5.32 Å². The molecule has 0 fully saturated rings. The molecule has 2 rings (SSSR count). The molecule has 0 bridgehead atoms. The fraction of sp³-hybridized carbons (Fsp3) is 0.550. The maximum absolute atomic E-state index is 12.9. The number of nitrogens with zero attached hydrogens (tertiary/aromatic N) is 2. The maximum atomic E-state index is 12.9. The zero-order chi connectivity index (χ0) is 19.5. The van der Waals surface area contributed by atoms with Crippen LogP contribution in [0.15, 0.2) is 35.3 Å². The van der Waals surface area contributed by atoms with E-state index in [9.17, 15) is 9.59 Å². The van der Waals surface area contributed by atoms with Gasteiger partial charge in [-0.15, -0.1) is 0 Å². The van der Waals surface area contributed by atoms with Crippen LogP contribution in [-0.4, -0.2) is 40.4 Å². The molecule has 1 N–H and O–H groups in total. The molecule has 1 aromatic carbocycles. The third kappa shape index (κ3) is 4.62. The van der Waals surface area contributed by atoms with E-state index >= 15 is 0 Å². The minimum Gasteiger partial charge on any atom is -0.458 e. The number of para-hydroxylation sites is 1. The van der Waals surface area contributed by atoms with Gasteiger partial charge in [-0.05, 0) is 45.7 Å². The van der Waals surface area contributed by atoms with Crippen molar-refractivity contribution in [1.82, 2.24) is 4.90 Å². The lowest BCUT2D eigenvalue weighted by molar-refractivity contribution is -0.164. The first kappa shape index (κ1) is 19.9. The summed E-state index contributed by atoms with van der Waals surface area (Å²) < 4.78 is 5.60. The van der Waals surface area contributed by atoms with E-state index in [0.717, 1.165) is 12.1 Å². The third-order valence-electron chi connectivity index (χ3n) is 4.28. The summed E-state index contributed by atoms with van der Waals surface area (Å²) in [5.74, 6) is -0.275. The molecule has 0 aliphatic carbocycles. The number of benzene rings is 1. The second-order valence-corrected chi connectivity index (χ2v) is 7.69. The standard InChI is InChI=1S/C20H29N3O3/c1-7-13(2)16(18(25)26-20(4,5)6)23-17(24)14(3)21-19(23)22-15-11-9-8-10-12-15/h8-14,16H,7H2,1-6H3,(H,21,22)/t13?,14-,16-/m0/s1.